The lowest BCUT2D eigenvalue weighted by molar-refractivity contribution is 0.0419. The first-order chi connectivity index (χ1) is 9.28. The van der Waals surface area contributed by atoms with Crippen molar-refractivity contribution in [3.63, 3.8) is 0 Å². The molecule has 19 heavy (non-hydrogen) atoms. The molecule has 0 saturated heterocycles. The van der Waals surface area contributed by atoms with Crippen LogP contribution in [0.1, 0.15) is 31.5 Å². The summed E-state index contributed by atoms with van der Waals surface area (Å²) in [6, 6.07) is 0. The monoisotopic (exact) mass is 261 g/mol. The van der Waals surface area contributed by atoms with Crippen molar-refractivity contribution in [1.29, 1.82) is 0 Å². The fourth-order valence-corrected chi connectivity index (χ4v) is 2.57. The first kappa shape index (κ1) is 12.3. The first-order valence-electron chi connectivity index (χ1n) is 6.76. The quantitative estimate of drug-likeness (QED) is 0.910. The molecule has 2 heterocycles. The second-order valence-corrected chi connectivity index (χ2v) is 4.96. The summed E-state index contributed by atoms with van der Waals surface area (Å²) in [6.07, 6.45) is 7.02. The van der Waals surface area contributed by atoms with Crippen molar-refractivity contribution in [3.05, 3.63) is 12.0 Å². The number of anilines is 1. The van der Waals surface area contributed by atoms with E-state index in [-0.39, 0.29) is 0 Å². The zero-order chi connectivity index (χ0) is 13.2. The van der Waals surface area contributed by atoms with Crippen LogP contribution >= 0.6 is 0 Å². The van der Waals surface area contributed by atoms with Crippen LogP contribution in [-0.2, 0) is 18.4 Å². The minimum absolute atomic E-state index is 0.379. The lowest BCUT2D eigenvalue weighted by Crippen LogP contribution is -2.10. The Morgan fingerprint density at radius 3 is 2.89 bits per heavy atom. The van der Waals surface area contributed by atoms with Gasteiger partial charge in [-0.25, -0.2) is 9.97 Å². The summed E-state index contributed by atoms with van der Waals surface area (Å²) in [5.74, 6) is 1.52. The number of aromatic nitrogens is 4. The zero-order valence-corrected chi connectivity index (χ0v) is 11.4. The van der Waals surface area contributed by atoms with E-state index in [0.29, 0.717) is 18.5 Å². The average molecular weight is 261 g/mol. The number of fused-ring (bicyclic) bond motifs is 1. The van der Waals surface area contributed by atoms with Gasteiger partial charge in [0.1, 0.15) is 12.4 Å². The second-order valence-electron chi connectivity index (χ2n) is 4.96. The molecule has 0 bridgehead atoms. The molecule has 1 N–H and O–H groups in total. The van der Waals surface area contributed by atoms with E-state index in [9.17, 15) is 0 Å². The van der Waals surface area contributed by atoms with E-state index < -0.39 is 0 Å². The standard InChI is InChI=1S/C13H19N5O/c1-14-12-10-7-15-18(2)13(10)17-11(16-12)8-19-9-5-3-4-6-9/h7,9H,3-6,8H2,1-2H3,(H,14,16,17). The largest absolute Gasteiger partial charge is 0.372 e. The summed E-state index contributed by atoms with van der Waals surface area (Å²) in [5.41, 5.74) is 0.837. The van der Waals surface area contributed by atoms with Gasteiger partial charge < -0.3 is 10.1 Å². The van der Waals surface area contributed by atoms with Gasteiger partial charge in [0, 0.05) is 14.1 Å². The third kappa shape index (κ3) is 2.40. The highest BCUT2D eigenvalue weighted by molar-refractivity contribution is 5.86. The van der Waals surface area contributed by atoms with Gasteiger partial charge in [0.2, 0.25) is 0 Å². The van der Waals surface area contributed by atoms with Crippen molar-refractivity contribution in [2.24, 2.45) is 7.05 Å². The summed E-state index contributed by atoms with van der Waals surface area (Å²) in [5, 5.41) is 8.25. The summed E-state index contributed by atoms with van der Waals surface area (Å²) in [7, 11) is 3.74. The lowest BCUT2D eigenvalue weighted by atomic mass is 10.3. The highest BCUT2D eigenvalue weighted by Gasteiger charge is 2.17. The maximum Gasteiger partial charge on any atom is 0.163 e. The molecule has 0 aliphatic heterocycles. The van der Waals surface area contributed by atoms with Crippen LogP contribution in [0, 0.1) is 0 Å². The van der Waals surface area contributed by atoms with Crippen molar-refractivity contribution in [3.8, 4) is 0 Å². The van der Waals surface area contributed by atoms with Gasteiger partial charge >= 0.3 is 0 Å². The Bertz CT molecular complexity index is 574. The van der Waals surface area contributed by atoms with E-state index in [2.05, 4.69) is 20.4 Å². The van der Waals surface area contributed by atoms with Crippen molar-refractivity contribution in [2.75, 3.05) is 12.4 Å². The Hall–Kier alpha value is -1.69. The number of hydrogen-bond acceptors (Lipinski definition) is 5. The molecular formula is C13H19N5O. The molecule has 6 nitrogen and oxygen atoms in total. The van der Waals surface area contributed by atoms with Crippen molar-refractivity contribution < 1.29 is 4.74 Å². The van der Waals surface area contributed by atoms with Gasteiger partial charge in [0.25, 0.3) is 0 Å². The molecule has 1 saturated carbocycles. The summed E-state index contributed by atoms with van der Waals surface area (Å²) >= 11 is 0. The molecule has 0 atom stereocenters. The van der Waals surface area contributed by atoms with E-state index in [0.717, 1.165) is 29.7 Å². The number of aryl methyl sites for hydroxylation is 1. The predicted molar refractivity (Wildman–Crippen MR) is 72.9 cm³/mol. The minimum atomic E-state index is 0.379. The number of ether oxygens (including phenoxy) is 1. The minimum Gasteiger partial charge on any atom is -0.372 e. The van der Waals surface area contributed by atoms with Gasteiger partial charge in [-0.1, -0.05) is 12.8 Å². The highest BCUT2D eigenvalue weighted by Crippen LogP contribution is 2.23. The van der Waals surface area contributed by atoms with Crippen LogP contribution in [0.25, 0.3) is 11.0 Å². The van der Waals surface area contributed by atoms with Crippen LogP contribution in [0.4, 0.5) is 5.82 Å². The van der Waals surface area contributed by atoms with Crippen molar-refractivity contribution in [1.82, 2.24) is 19.7 Å². The van der Waals surface area contributed by atoms with E-state index in [1.807, 2.05) is 14.1 Å². The lowest BCUT2D eigenvalue weighted by Gasteiger charge is -2.11. The fourth-order valence-electron chi connectivity index (χ4n) is 2.57. The highest BCUT2D eigenvalue weighted by atomic mass is 16.5. The Morgan fingerprint density at radius 2 is 2.16 bits per heavy atom. The van der Waals surface area contributed by atoms with Crippen LogP contribution in [0.15, 0.2) is 6.20 Å². The Kier molecular flexibility index (Phi) is 3.33. The Morgan fingerprint density at radius 1 is 1.37 bits per heavy atom. The molecule has 3 rings (SSSR count). The normalized spacial score (nSPS) is 16.3. The zero-order valence-electron chi connectivity index (χ0n) is 11.4. The molecule has 0 aromatic carbocycles. The fraction of sp³-hybridized carbons (Fsp3) is 0.615. The van der Waals surface area contributed by atoms with E-state index in [4.69, 9.17) is 4.74 Å². The summed E-state index contributed by atoms with van der Waals surface area (Å²) < 4.78 is 7.63. The molecule has 6 heteroatoms. The maximum absolute atomic E-state index is 5.87. The average Bonchev–Trinajstić information content (AvgIpc) is 3.06. The van der Waals surface area contributed by atoms with Crippen LogP contribution < -0.4 is 5.32 Å². The molecule has 1 fully saturated rings. The molecule has 1 aliphatic rings. The van der Waals surface area contributed by atoms with E-state index >= 15 is 0 Å². The van der Waals surface area contributed by atoms with Gasteiger partial charge in [0.05, 0.1) is 17.7 Å². The molecule has 1 aliphatic carbocycles. The van der Waals surface area contributed by atoms with Gasteiger partial charge in [-0.05, 0) is 12.8 Å². The molecule has 102 valence electrons. The SMILES string of the molecule is CNc1nc(COC2CCCC2)nc2c1cnn2C. The smallest absolute Gasteiger partial charge is 0.163 e. The molecular weight excluding hydrogens is 242 g/mol. The molecule has 2 aromatic rings. The van der Waals surface area contributed by atoms with Crippen LogP contribution in [0.3, 0.4) is 0 Å². The Labute approximate surface area is 112 Å². The van der Waals surface area contributed by atoms with E-state index in [1.165, 1.54) is 12.8 Å². The molecule has 2 aromatic heterocycles. The number of nitrogens with one attached hydrogen (secondary N) is 1. The summed E-state index contributed by atoms with van der Waals surface area (Å²) in [4.78, 5) is 9.02. The third-order valence-electron chi connectivity index (χ3n) is 3.63. The maximum atomic E-state index is 5.87. The second kappa shape index (κ2) is 5.13. The molecule has 0 unspecified atom stereocenters. The van der Waals surface area contributed by atoms with Crippen molar-refractivity contribution >= 4 is 16.9 Å². The van der Waals surface area contributed by atoms with Crippen LogP contribution in [0.5, 0.6) is 0 Å². The first-order valence-corrected chi connectivity index (χ1v) is 6.76. The van der Waals surface area contributed by atoms with Crippen molar-refractivity contribution in [2.45, 2.75) is 38.4 Å². The van der Waals surface area contributed by atoms with Gasteiger partial charge in [-0.15, -0.1) is 0 Å². The van der Waals surface area contributed by atoms with Gasteiger partial charge in [-0.3, -0.25) is 4.68 Å². The molecule has 0 amide bonds. The third-order valence-corrected chi connectivity index (χ3v) is 3.63. The van der Waals surface area contributed by atoms with Crippen LogP contribution in [-0.4, -0.2) is 32.9 Å². The number of nitrogens with zero attached hydrogens (tertiary/aromatic N) is 4. The molecule has 0 spiro atoms. The van der Waals surface area contributed by atoms with E-state index in [1.54, 1.807) is 10.9 Å². The van der Waals surface area contributed by atoms with Gasteiger partial charge in [-0.2, -0.15) is 5.10 Å². The summed E-state index contributed by atoms with van der Waals surface area (Å²) in [6.45, 7) is 0.473. The number of rotatable bonds is 4. The topological polar surface area (TPSA) is 64.9 Å². The predicted octanol–water partition coefficient (Wildman–Crippen LogP) is 1.86. The number of hydrogen-bond donors (Lipinski definition) is 1. The van der Waals surface area contributed by atoms with Crippen LogP contribution in [0.2, 0.25) is 0 Å². The Balaban J connectivity index is 1.84. The van der Waals surface area contributed by atoms with Gasteiger partial charge in [0.15, 0.2) is 11.5 Å². The molecule has 0 radical (unpaired) electrons.